The van der Waals surface area contributed by atoms with E-state index in [1.54, 1.807) is 6.20 Å². The molecule has 5 rings (SSSR count). The Morgan fingerprint density at radius 3 is 2.26 bits per heavy atom. The topological polar surface area (TPSA) is 30.0 Å². The number of benzene rings is 3. The van der Waals surface area contributed by atoms with Crippen LogP contribution in [0.3, 0.4) is 0 Å². The Labute approximate surface area is 197 Å². The average Bonchev–Trinajstić information content (AvgIpc) is 3.01. The third-order valence-corrected chi connectivity index (χ3v) is 5.85. The number of pyridine rings is 1. The molecule has 1 heterocycles. The minimum atomic E-state index is -0.0566. The maximum atomic E-state index is 12.6. The molecule has 1 aliphatic carbocycles. The summed E-state index contributed by atoms with van der Waals surface area (Å²) in [5, 5.41) is 0. The molecule has 0 aliphatic heterocycles. The van der Waals surface area contributed by atoms with E-state index in [0.717, 1.165) is 11.3 Å². The summed E-state index contributed by atoms with van der Waals surface area (Å²) < 4.78 is 0. The van der Waals surface area contributed by atoms with Gasteiger partial charge in [0, 0.05) is 37.4 Å². The normalized spacial score (nSPS) is 12.7. The summed E-state index contributed by atoms with van der Waals surface area (Å²) in [6.07, 6.45) is 1.66. The van der Waals surface area contributed by atoms with Crippen LogP contribution in [0.15, 0.2) is 85.1 Å². The Morgan fingerprint density at radius 1 is 0.839 bits per heavy atom. The number of hydrogen-bond donors (Lipinski definition) is 0. The fourth-order valence-electron chi connectivity index (χ4n) is 4.23. The van der Waals surface area contributed by atoms with E-state index in [1.165, 1.54) is 22.3 Å². The Balaban J connectivity index is 0.00000136. The molecule has 4 aromatic rings. The Kier molecular flexibility index (Phi) is 6.40. The van der Waals surface area contributed by atoms with Gasteiger partial charge in [-0.1, -0.05) is 91.7 Å². The molecule has 31 heavy (non-hydrogen) atoms. The molecule has 0 unspecified atom stereocenters. The minimum Gasteiger partial charge on any atom is -0.358 e. The molecule has 0 N–H and O–H groups in total. The second-order valence-electron chi connectivity index (χ2n) is 7.97. The van der Waals surface area contributed by atoms with Crippen LogP contribution in [-0.2, 0) is 25.5 Å². The number of ketones is 1. The summed E-state index contributed by atoms with van der Waals surface area (Å²) >= 11 is 0. The first-order valence-corrected chi connectivity index (χ1v) is 9.78. The van der Waals surface area contributed by atoms with Crippen molar-refractivity contribution in [3.8, 4) is 22.4 Å². The molecule has 2 nitrogen and oxygen atoms in total. The number of aromatic nitrogens is 1. The van der Waals surface area contributed by atoms with Crippen molar-refractivity contribution in [2.45, 2.75) is 19.3 Å². The molecular weight excluding hydrogens is 559 g/mol. The summed E-state index contributed by atoms with van der Waals surface area (Å²) in [4.78, 5) is 17.2. The second-order valence-corrected chi connectivity index (χ2v) is 7.97. The summed E-state index contributed by atoms with van der Waals surface area (Å²) in [6, 6.07) is 29.3. The van der Waals surface area contributed by atoms with Crippen LogP contribution < -0.4 is 0 Å². The number of carbonyl (C=O) groups excluding carboxylic acids is 1. The van der Waals surface area contributed by atoms with Crippen LogP contribution >= 0.6 is 0 Å². The third-order valence-electron chi connectivity index (χ3n) is 5.85. The van der Waals surface area contributed by atoms with Crippen molar-refractivity contribution in [2.24, 2.45) is 0 Å². The van der Waals surface area contributed by atoms with E-state index in [9.17, 15) is 4.79 Å². The van der Waals surface area contributed by atoms with Crippen molar-refractivity contribution in [2.75, 3.05) is 0 Å². The summed E-state index contributed by atoms with van der Waals surface area (Å²) in [7, 11) is 0. The van der Waals surface area contributed by atoms with Gasteiger partial charge in [-0.05, 0) is 16.7 Å². The van der Waals surface area contributed by atoms with Crippen molar-refractivity contribution in [1.29, 1.82) is 0 Å². The zero-order valence-corrected chi connectivity index (χ0v) is 20.2. The van der Waals surface area contributed by atoms with Crippen LogP contribution in [0, 0.1) is 13.5 Å². The zero-order valence-electron chi connectivity index (χ0n) is 17.8. The molecule has 0 atom stereocenters. The predicted octanol–water partition coefficient (Wildman–Crippen LogP) is 6.53. The molecule has 1 aromatic heterocycles. The van der Waals surface area contributed by atoms with Gasteiger partial charge in [0.2, 0.25) is 0 Å². The number of rotatable bonds is 3. The molecule has 0 saturated heterocycles. The molecule has 1 radical (unpaired) electrons. The molecule has 0 amide bonds. The van der Waals surface area contributed by atoms with E-state index in [0.29, 0.717) is 11.1 Å². The quantitative estimate of drug-likeness (QED) is 0.203. The van der Waals surface area contributed by atoms with Crippen LogP contribution in [0.1, 0.15) is 40.9 Å². The summed E-state index contributed by atoms with van der Waals surface area (Å²) in [6.45, 7) is 4.52. The predicted molar refractivity (Wildman–Crippen MR) is 122 cm³/mol. The first-order chi connectivity index (χ1) is 14.1. The van der Waals surface area contributed by atoms with E-state index < -0.39 is 0 Å². The minimum absolute atomic E-state index is 0. The van der Waals surface area contributed by atoms with Gasteiger partial charge in [0.15, 0.2) is 5.78 Å². The van der Waals surface area contributed by atoms with Crippen LogP contribution in [-0.4, -0.2) is 10.8 Å². The molecule has 3 heteroatoms. The largest absolute Gasteiger partial charge is 0.358 e. The number of hydrogen-bond acceptors (Lipinski definition) is 2. The Hall–Kier alpha value is -2.87. The van der Waals surface area contributed by atoms with E-state index in [2.05, 4.69) is 61.3 Å². The SMILES string of the molecule is CC1(C)c2ccccc2-c2c[c-]c(-c3ccc(C(=O)c4ccccc4)cn3)cc21.[CH3-].[Ir]. The maximum Gasteiger partial charge on any atom is 0.194 e. The maximum absolute atomic E-state index is 12.6. The molecule has 3 aromatic carbocycles. The van der Waals surface area contributed by atoms with Gasteiger partial charge >= 0.3 is 0 Å². The number of fused-ring (bicyclic) bond motifs is 3. The average molecular weight is 582 g/mol. The zero-order chi connectivity index (χ0) is 20.0. The molecule has 0 bridgehead atoms. The molecule has 0 spiro atoms. The van der Waals surface area contributed by atoms with Gasteiger partial charge in [0.25, 0.3) is 0 Å². The molecule has 0 saturated carbocycles. The van der Waals surface area contributed by atoms with Crippen molar-refractivity contribution in [3.05, 3.63) is 121 Å². The van der Waals surface area contributed by atoms with E-state index >= 15 is 0 Å². The van der Waals surface area contributed by atoms with E-state index in [4.69, 9.17) is 0 Å². The monoisotopic (exact) mass is 582 g/mol. The van der Waals surface area contributed by atoms with Gasteiger partial charge in [-0.15, -0.1) is 29.3 Å². The van der Waals surface area contributed by atoms with Crippen LogP contribution in [0.5, 0.6) is 0 Å². The molecule has 157 valence electrons. The van der Waals surface area contributed by atoms with Gasteiger partial charge in [-0.2, -0.15) is 0 Å². The molecule has 1 aliphatic rings. The fourth-order valence-corrected chi connectivity index (χ4v) is 4.23. The number of carbonyl (C=O) groups is 1. The van der Waals surface area contributed by atoms with Crippen molar-refractivity contribution in [1.82, 2.24) is 4.98 Å². The standard InChI is InChI=1S/C27H20NO.CH3.Ir/c1-27(2)23-11-7-6-10-21(23)22-14-12-19(16-24(22)27)25-15-13-20(17-28-25)26(29)18-8-4-3-5-9-18;;/h3-11,13-17H,1-2H3;1H3;/q2*-1;. The van der Waals surface area contributed by atoms with E-state index in [-0.39, 0.29) is 38.7 Å². The van der Waals surface area contributed by atoms with Gasteiger partial charge in [-0.25, -0.2) is 0 Å². The second kappa shape index (κ2) is 8.70. The number of nitrogens with zero attached hydrogens (tertiary/aromatic N) is 1. The van der Waals surface area contributed by atoms with Crippen molar-refractivity contribution in [3.63, 3.8) is 0 Å². The first-order valence-electron chi connectivity index (χ1n) is 9.78. The fraction of sp³-hybridized carbons (Fsp3) is 0.107. The third kappa shape index (κ3) is 3.80. The van der Waals surface area contributed by atoms with Crippen molar-refractivity contribution < 1.29 is 24.9 Å². The summed E-state index contributed by atoms with van der Waals surface area (Å²) in [5.74, 6) is -0.0147. The Morgan fingerprint density at radius 2 is 1.55 bits per heavy atom. The van der Waals surface area contributed by atoms with Crippen LogP contribution in [0.25, 0.3) is 22.4 Å². The smallest absolute Gasteiger partial charge is 0.194 e. The van der Waals surface area contributed by atoms with E-state index in [1.807, 2.05) is 42.5 Å². The van der Waals surface area contributed by atoms with Gasteiger partial charge in [0.1, 0.15) is 0 Å². The van der Waals surface area contributed by atoms with Crippen LogP contribution in [0.2, 0.25) is 0 Å². The van der Waals surface area contributed by atoms with Crippen LogP contribution in [0.4, 0.5) is 0 Å². The van der Waals surface area contributed by atoms with Gasteiger partial charge in [0.05, 0.1) is 0 Å². The van der Waals surface area contributed by atoms with Gasteiger partial charge < -0.3 is 12.4 Å². The van der Waals surface area contributed by atoms with Crippen molar-refractivity contribution >= 4 is 5.78 Å². The molecular formula is C28H23IrNO-2. The van der Waals surface area contributed by atoms with Gasteiger partial charge in [-0.3, -0.25) is 4.79 Å². The molecule has 0 fully saturated rings. The first kappa shape index (κ1) is 22.8. The Bertz CT molecular complexity index is 1230. The summed E-state index contributed by atoms with van der Waals surface area (Å²) in [5.41, 5.74) is 8.14.